The van der Waals surface area contributed by atoms with E-state index in [9.17, 15) is 13.7 Å². The second-order valence-electron chi connectivity index (χ2n) is 6.85. The summed E-state index contributed by atoms with van der Waals surface area (Å²) >= 11 is -1.35. The monoisotopic (exact) mass is 357 g/mol. The molecule has 1 aliphatic rings. The van der Waals surface area contributed by atoms with Gasteiger partial charge < -0.3 is 14.0 Å². The van der Waals surface area contributed by atoms with E-state index >= 15 is 0 Å². The number of esters is 1. The zero-order valence-corrected chi connectivity index (χ0v) is 15.3. The molecule has 1 aromatic carbocycles. The molecule has 1 unspecified atom stereocenters. The first-order valence-electron chi connectivity index (χ1n) is 7.90. The summed E-state index contributed by atoms with van der Waals surface area (Å²) < 4.78 is 39.7. The first-order valence-corrected chi connectivity index (χ1v) is 9.05. The summed E-state index contributed by atoms with van der Waals surface area (Å²) in [5.41, 5.74) is 0.144. The Bertz CT molecular complexity index is 599. The molecule has 0 spiro atoms. The molecule has 0 aromatic heterocycles. The summed E-state index contributed by atoms with van der Waals surface area (Å²) in [7, 11) is 0. The zero-order chi connectivity index (χ0) is 18.0. The van der Waals surface area contributed by atoms with Crippen LogP contribution in [0.4, 0.5) is 4.39 Å². The molecule has 1 N–H and O–H groups in total. The van der Waals surface area contributed by atoms with Crippen molar-refractivity contribution in [3.05, 3.63) is 35.1 Å². The fourth-order valence-electron chi connectivity index (χ4n) is 2.34. The molecule has 0 aliphatic carbocycles. The van der Waals surface area contributed by atoms with Crippen molar-refractivity contribution >= 4 is 17.3 Å². The van der Waals surface area contributed by atoms with Crippen molar-refractivity contribution in [3.8, 4) is 0 Å². The van der Waals surface area contributed by atoms with Gasteiger partial charge in [0.05, 0.1) is 26.2 Å². The Labute approximate surface area is 145 Å². The molecule has 1 heterocycles. The molecule has 1 atom stereocenters. The molecule has 1 aromatic rings. The predicted molar refractivity (Wildman–Crippen MR) is 90.3 cm³/mol. The lowest BCUT2D eigenvalue weighted by Crippen LogP contribution is -2.62. The van der Waals surface area contributed by atoms with E-state index in [-0.39, 0.29) is 19.6 Å². The lowest BCUT2D eigenvalue weighted by molar-refractivity contribution is -0.142. The first kappa shape index (κ1) is 19.2. The third-order valence-corrected chi connectivity index (χ3v) is 5.43. The smallest absolute Gasteiger partial charge is 0.310 e. The molecule has 0 saturated carbocycles. The number of ether oxygens (including phenoxy) is 2. The van der Waals surface area contributed by atoms with Gasteiger partial charge in [-0.25, -0.2) is 4.39 Å². The summed E-state index contributed by atoms with van der Waals surface area (Å²) in [4.78, 5) is 11.5. The lowest BCUT2D eigenvalue weighted by atomic mass is 9.88. The molecular weight excluding hydrogens is 333 g/mol. The van der Waals surface area contributed by atoms with E-state index in [2.05, 4.69) is 4.72 Å². The van der Waals surface area contributed by atoms with Crippen molar-refractivity contribution in [1.82, 2.24) is 4.72 Å². The van der Waals surface area contributed by atoms with Gasteiger partial charge in [0.25, 0.3) is 0 Å². The predicted octanol–water partition coefficient (Wildman–Crippen LogP) is 2.21. The highest BCUT2D eigenvalue weighted by Crippen LogP contribution is 2.34. The lowest BCUT2D eigenvalue weighted by Gasteiger charge is -2.43. The van der Waals surface area contributed by atoms with E-state index in [1.54, 1.807) is 19.1 Å². The highest BCUT2D eigenvalue weighted by atomic mass is 32.2. The standard InChI is InChI=1S/C17H24FNO4S/c1-5-23-15(20)9-12-6-7-13(14(18)8-12)17(10-22-11-17)19-24(21)16(2,3)4/h6-8,19H,5,9-11H2,1-4H3. The highest BCUT2D eigenvalue weighted by molar-refractivity contribution is 7.90. The average Bonchev–Trinajstić information content (AvgIpc) is 2.42. The second kappa shape index (κ2) is 7.39. The van der Waals surface area contributed by atoms with Gasteiger partial charge in [-0.15, -0.1) is 4.72 Å². The van der Waals surface area contributed by atoms with Crippen LogP contribution >= 0.6 is 0 Å². The molecule has 7 heteroatoms. The average molecular weight is 357 g/mol. The van der Waals surface area contributed by atoms with Gasteiger partial charge in [0.2, 0.25) is 0 Å². The maximum atomic E-state index is 14.6. The molecule has 1 aliphatic heterocycles. The number of rotatable bonds is 6. The first-order chi connectivity index (χ1) is 11.2. The third kappa shape index (κ3) is 4.27. The zero-order valence-electron chi connectivity index (χ0n) is 14.5. The third-order valence-electron chi connectivity index (χ3n) is 3.74. The van der Waals surface area contributed by atoms with Crippen molar-refractivity contribution in [2.75, 3.05) is 19.8 Å². The van der Waals surface area contributed by atoms with E-state index in [0.29, 0.717) is 17.7 Å². The minimum atomic E-state index is -1.35. The van der Waals surface area contributed by atoms with Gasteiger partial charge >= 0.3 is 5.97 Å². The number of benzene rings is 1. The van der Waals surface area contributed by atoms with Gasteiger partial charge in [0, 0.05) is 16.9 Å². The van der Waals surface area contributed by atoms with E-state index in [0.717, 1.165) is 0 Å². The van der Waals surface area contributed by atoms with Crippen LogP contribution in [-0.2, 0) is 37.6 Å². The summed E-state index contributed by atoms with van der Waals surface area (Å²) in [6, 6.07) is 4.64. The van der Waals surface area contributed by atoms with E-state index in [1.165, 1.54) is 6.07 Å². The fourth-order valence-corrected chi connectivity index (χ4v) is 3.23. The molecular formula is C17H24FNO4S. The summed E-state index contributed by atoms with van der Waals surface area (Å²) in [6.07, 6.45) is 0.0237. The summed E-state index contributed by atoms with van der Waals surface area (Å²) in [6.45, 7) is 8.07. The molecule has 1 saturated heterocycles. The van der Waals surface area contributed by atoms with Gasteiger partial charge in [-0.1, -0.05) is 12.1 Å². The van der Waals surface area contributed by atoms with Crippen LogP contribution in [0.2, 0.25) is 0 Å². The largest absolute Gasteiger partial charge is 0.598 e. The maximum Gasteiger partial charge on any atom is 0.310 e. The van der Waals surface area contributed by atoms with Crippen LogP contribution in [0.1, 0.15) is 38.8 Å². The Kier molecular flexibility index (Phi) is 5.91. The Hall–Kier alpha value is -1.15. The van der Waals surface area contributed by atoms with Crippen LogP contribution in [0.5, 0.6) is 0 Å². The maximum absolute atomic E-state index is 14.6. The number of hydrogen-bond donors (Lipinski definition) is 1. The van der Waals surface area contributed by atoms with Crippen LogP contribution in [0, 0.1) is 5.82 Å². The van der Waals surface area contributed by atoms with Crippen LogP contribution in [0.25, 0.3) is 0 Å². The number of carbonyl (C=O) groups excluding carboxylic acids is 1. The van der Waals surface area contributed by atoms with Crippen LogP contribution in [-0.4, -0.2) is 35.1 Å². The second-order valence-corrected chi connectivity index (χ2v) is 8.82. The highest BCUT2D eigenvalue weighted by Gasteiger charge is 2.48. The molecule has 0 radical (unpaired) electrons. The molecule has 5 nitrogen and oxygen atoms in total. The number of hydrogen-bond acceptors (Lipinski definition) is 5. The van der Waals surface area contributed by atoms with Crippen molar-refractivity contribution in [2.24, 2.45) is 0 Å². The van der Waals surface area contributed by atoms with Gasteiger partial charge in [-0.2, -0.15) is 0 Å². The number of nitrogens with one attached hydrogen (secondary N) is 1. The fraction of sp³-hybridized carbons (Fsp3) is 0.588. The van der Waals surface area contributed by atoms with E-state index in [1.807, 2.05) is 20.8 Å². The Morgan fingerprint density at radius 2 is 2.12 bits per heavy atom. The number of carbonyl (C=O) groups is 1. The molecule has 134 valence electrons. The molecule has 2 rings (SSSR count). The van der Waals surface area contributed by atoms with Gasteiger partial charge in [-0.3, -0.25) is 4.79 Å². The Morgan fingerprint density at radius 1 is 1.46 bits per heavy atom. The molecule has 1 fully saturated rings. The van der Waals surface area contributed by atoms with Crippen LogP contribution in [0.3, 0.4) is 0 Å². The van der Waals surface area contributed by atoms with Gasteiger partial charge in [0.15, 0.2) is 0 Å². The Balaban J connectivity index is 2.19. The summed E-state index contributed by atoms with van der Waals surface area (Å²) in [5.74, 6) is -0.836. The van der Waals surface area contributed by atoms with Crippen molar-refractivity contribution in [3.63, 3.8) is 0 Å². The molecule has 0 amide bonds. The van der Waals surface area contributed by atoms with E-state index < -0.39 is 33.4 Å². The van der Waals surface area contributed by atoms with Crippen molar-refractivity contribution in [1.29, 1.82) is 0 Å². The SMILES string of the molecule is CCOC(=O)Cc1ccc(C2(N[S+]([O-])C(C)(C)C)COC2)c(F)c1. The van der Waals surface area contributed by atoms with Gasteiger partial charge in [0.1, 0.15) is 16.1 Å². The number of halogens is 1. The van der Waals surface area contributed by atoms with Crippen molar-refractivity contribution < 1.29 is 23.2 Å². The quantitative estimate of drug-likeness (QED) is 0.624. The molecule has 0 bridgehead atoms. The Morgan fingerprint density at radius 3 is 2.58 bits per heavy atom. The van der Waals surface area contributed by atoms with E-state index in [4.69, 9.17) is 9.47 Å². The van der Waals surface area contributed by atoms with Crippen molar-refractivity contribution in [2.45, 2.75) is 44.4 Å². The normalized spacial score (nSPS) is 17.9. The minimum Gasteiger partial charge on any atom is -0.598 e. The van der Waals surface area contributed by atoms with Crippen LogP contribution < -0.4 is 4.72 Å². The minimum absolute atomic E-state index is 0.0237. The topological polar surface area (TPSA) is 70.6 Å². The summed E-state index contributed by atoms with van der Waals surface area (Å²) in [5, 5.41) is 0. The van der Waals surface area contributed by atoms with Gasteiger partial charge in [-0.05, 0) is 39.3 Å². The van der Waals surface area contributed by atoms with Crippen LogP contribution in [0.15, 0.2) is 18.2 Å². The molecule has 24 heavy (non-hydrogen) atoms.